The zero-order valence-corrected chi connectivity index (χ0v) is 72.9. The van der Waals surface area contributed by atoms with Gasteiger partial charge in [0.15, 0.2) is 5.96 Å². The Bertz CT molecular complexity index is 4870. The fraction of sp³-hybridized carbons (Fsp3) is 0.446. The van der Waals surface area contributed by atoms with Gasteiger partial charge in [-0.15, -0.1) is 0 Å². The van der Waals surface area contributed by atoms with E-state index in [1.807, 2.05) is 0 Å². The van der Waals surface area contributed by atoms with Crippen molar-refractivity contribution in [1.29, 1.82) is 5.41 Å². The number of carbonyl (C=O) groups excluding carboxylic acids is 17. The van der Waals surface area contributed by atoms with Gasteiger partial charge < -0.3 is 139 Å². The Labute approximate surface area is 752 Å². The number of aromatic nitrogens is 2. The molecule has 0 spiro atoms. The van der Waals surface area contributed by atoms with Gasteiger partial charge in [-0.05, 0) is 105 Å². The van der Waals surface area contributed by atoms with Crippen LogP contribution in [0.5, 0.6) is 5.75 Å². The third-order valence-corrected chi connectivity index (χ3v) is 20.8. The van der Waals surface area contributed by atoms with Gasteiger partial charge in [0.25, 0.3) is 0 Å². The van der Waals surface area contributed by atoms with E-state index in [2.05, 4.69) is 115 Å². The number of amides is 17. The number of fused-ring (bicyclic) bond motifs is 2. The molecule has 17 amide bonds. The predicted octanol–water partition coefficient (Wildman–Crippen LogP) is -6.68. The number of nitrogens with one attached hydrogen (secondary N) is 18. The minimum absolute atomic E-state index is 0.0148. The first-order valence-electron chi connectivity index (χ1n) is 41.4. The van der Waals surface area contributed by atoms with Crippen molar-refractivity contribution < 1.29 is 96.5 Å². The van der Waals surface area contributed by atoms with Gasteiger partial charge in [-0.2, -0.15) is 25.3 Å². The average molecular weight is 1830 g/mol. The molecule has 46 heteroatoms. The molecule has 0 aliphatic rings. The number of primary amides is 3. The molecule has 2 heterocycles. The number of hydrogen-bond acceptors (Lipinski definition) is 25. The van der Waals surface area contributed by atoms with Crippen LogP contribution >= 0.6 is 25.3 Å². The van der Waals surface area contributed by atoms with Crippen LogP contribution in [-0.4, -0.2) is 263 Å². The van der Waals surface area contributed by atoms with Crippen molar-refractivity contribution in [3.8, 4) is 5.75 Å². The number of unbranched alkanes of at least 4 members (excludes halogenated alkanes) is 1. The molecule has 0 bridgehead atoms. The fourth-order valence-electron chi connectivity index (χ4n) is 13.3. The Morgan fingerprint density at radius 3 is 1.33 bits per heavy atom. The van der Waals surface area contributed by atoms with E-state index in [1.165, 1.54) is 30.5 Å². The number of benzene rings is 4. The minimum atomic E-state index is -1.92. The summed E-state index contributed by atoms with van der Waals surface area (Å²) < 4.78 is 5.34. The van der Waals surface area contributed by atoms with E-state index in [0.29, 0.717) is 63.4 Å². The van der Waals surface area contributed by atoms with Gasteiger partial charge >= 0.3 is 0 Å². The maximum absolute atomic E-state index is 15.3. The molecule has 0 fully saturated rings. The van der Waals surface area contributed by atoms with Crippen LogP contribution in [-0.2, 0) is 112 Å². The number of rotatable bonds is 57. The molecule has 0 saturated carbocycles. The van der Waals surface area contributed by atoms with Crippen molar-refractivity contribution in [3.63, 3.8) is 0 Å². The van der Waals surface area contributed by atoms with Crippen LogP contribution in [0.3, 0.4) is 0 Å². The lowest BCUT2D eigenvalue weighted by molar-refractivity contribution is -0.137. The molecule has 6 aromatic rings. The van der Waals surface area contributed by atoms with Gasteiger partial charge in [-0.1, -0.05) is 78.9 Å². The van der Waals surface area contributed by atoms with E-state index >= 15 is 9.59 Å². The van der Waals surface area contributed by atoms with Crippen molar-refractivity contribution in [1.82, 2.24) is 89.7 Å². The van der Waals surface area contributed by atoms with Crippen molar-refractivity contribution in [2.45, 2.75) is 176 Å². The molecule has 0 unspecified atom stereocenters. The van der Waals surface area contributed by atoms with Crippen LogP contribution in [0, 0.1) is 5.41 Å². The number of aliphatic hydroxyl groups excluding tert-OH is 1. The Kier molecular flexibility index (Phi) is 43.6. The largest absolute Gasteiger partial charge is 0.508 e. The van der Waals surface area contributed by atoms with Gasteiger partial charge in [-0.3, -0.25) is 86.9 Å². The lowest BCUT2D eigenvalue weighted by Gasteiger charge is -2.29. The zero-order valence-electron chi connectivity index (χ0n) is 71.1. The number of para-hydroxylation sites is 2. The summed E-state index contributed by atoms with van der Waals surface area (Å²) in [7, 11) is 0. The van der Waals surface area contributed by atoms with E-state index in [4.69, 9.17) is 44.5 Å². The molecule has 0 aliphatic heterocycles. The molecular formula is C83H116N24O20S2. The van der Waals surface area contributed by atoms with E-state index < -0.39 is 243 Å². The van der Waals surface area contributed by atoms with Crippen molar-refractivity contribution >= 4 is 153 Å². The summed E-state index contributed by atoms with van der Waals surface area (Å²) in [5.74, 6) is -17.4. The summed E-state index contributed by atoms with van der Waals surface area (Å²) in [6.07, 6.45) is -0.711. The average Bonchev–Trinajstić information content (AvgIpc) is 1.72. The van der Waals surface area contributed by atoms with Gasteiger partial charge in [0.05, 0.1) is 19.3 Å². The summed E-state index contributed by atoms with van der Waals surface area (Å²) in [6.45, 7) is 0.669. The summed E-state index contributed by atoms with van der Waals surface area (Å²) in [5, 5.41) is 68.2. The number of H-pyrrole nitrogens is 2. The maximum atomic E-state index is 15.3. The second-order valence-corrected chi connectivity index (χ2v) is 31.0. The highest BCUT2D eigenvalue weighted by Crippen LogP contribution is 2.23. The highest BCUT2D eigenvalue weighted by molar-refractivity contribution is 7.80. The summed E-state index contributed by atoms with van der Waals surface area (Å²) in [6, 6.07) is 8.57. The molecule has 32 N–H and O–H groups in total. The van der Waals surface area contributed by atoms with Crippen LogP contribution in [0.2, 0.25) is 0 Å². The number of guanidine groups is 1. The molecular weight excluding hydrogens is 1720 g/mol. The Morgan fingerprint density at radius 1 is 0.426 bits per heavy atom. The Balaban J connectivity index is 1.24. The standard InChI is InChI=1S/C83H116N24O20S2/c1-44(108)70(107-75(119)58(26-28-67(87)112)100-80(124)64(42-128)96-45(2)109)82(126)104-62(36-49-39-94-54-18-9-7-16-52(49)54)78(122)99-57(25-27-66(86)111)74(118)106-65(43-129)81(125)102-60(34-47-21-23-50(110)24-22-47)76(120)103-61(35-48-38-93-53-17-8-6-15-51(48)53)77(121)98-56(20-12-30-92-83(89)90)73(117)105-63(37-85)79(123)101-59(33-46-13-4-3-5-14-46)72(116)95-40-68(113)91-31-32-127-41-69(114)97-55(71(88)115)19-10-11-29-84/h3-9,13-18,21-24,38-39,44,55-65,70,93-94,108,110,128-129H,10-12,19-20,25-37,40-43,84-85H2,1-2H3,(H2,86,111)(H2,87,112)(H2,88,115)(H,91,113)(H,95,116)(H,96,109)(H,97,114)(H,98,121)(H,99,122)(H,100,124)(H,101,123)(H,102,125)(H,103,120)(H,104,126)(H,105,117)(H,106,118)(H,107,119)(H4,89,90,92)/t44-,55-,56+,57+,58+,59+,60+,61+,62+,63+,64+,65+,70+/m1/s1. The number of hydrogen-bond donors (Lipinski definition) is 28. The molecule has 700 valence electrons. The number of carbonyl (C=O) groups is 17. The van der Waals surface area contributed by atoms with Crippen molar-refractivity contribution in [3.05, 3.63) is 138 Å². The van der Waals surface area contributed by atoms with Crippen LogP contribution in [0.1, 0.15) is 93.9 Å². The highest BCUT2D eigenvalue weighted by Gasteiger charge is 2.39. The number of phenolic OH excluding ortho intramolecular Hbond substituents is 1. The zero-order chi connectivity index (χ0) is 94.8. The van der Waals surface area contributed by atoms with Crippen molar-refractivity contribution in [2.75, 3.05) is 57.4 Å². The number of thiol groups is 2. The quantitative estimate of drug-likeness (QED) is 0.00730. The van der Waals surface area contributed by atoms with E-state index in [0.717, 1.165) is 13.8 Å². The van der Waals surface area contributed by atoms with Gasteiger partial charge in [0.1, 0.15) is 84.9 Å². The van der Waals surface area contributed by atoms with Gasteiger partial charge in [0, 0.05) is 111 Å². The first kappa shape index (κ1) is 104. The normalized spacial score (nSPS) is 14.1. The summed E-state index contributed by atoms with van der Waals surface area (Å²) in [4.78, 5) is 240. The monoisotopic (exact) mass is 1830 g/mol. The summed E-state index contributed by atoms with van der Waals surface area (Å²) >= 11 is 8.48. The first-order chi connectivity index (χ1) is 61.5. The van der Waals surface area contributed by atoms with Crippen LogP contribution in [0.15, 0.2) is 116 Å². The lowest BCUT2D eigenvalue weighted by atomic mass is 10.0. The third kappa shape index (κ3) is 35.7. The second kappa shape index (κ2) is 53.9. The first-order valence-corrected chi connectivity index (χ1v) is 42.7. The number of aromatic amines is 2. The molecule has 0 radical (unpaired) electrons. The van der Waals surface area contributed by atoms with E-state index in [-0.39, 0.29) is 69.7 Å². The van der Waals surface area contributed by atoms with Crippen LogP contribution in [0.25, 0.3) is 21.8 Å². The van der Waals surface area contributed by atoms with E-state index in [9.17, 15) is 82.1 Å². The number of nitrogens with two attached hydrogens (primary N) is 6. The SMILES string of the molecule is CC(=O)N[C@@H](CS)C(=O)N[C@@H](CCC(N)=O)C(=O)N[C@H](C(=O)N[C@@H](Cc1c[nH]c2ccccc12)C(=O)N[C@@H](CCC(N)=O)C(=O)N[C@@H](CS)C(=O)N[C@@H](Cc1ccc(O)cc1)C(=O)N[C@@H](Cc1c[nH]c2ccccc12)C(=O)N[C@@H](CCCNC(=N)N)C(=O)N[C@@H](CN)C(=O)N[C@@H](Cc1ccccc1)C(=O)NCC(=O)NCCOCC(=O)N[C@H](CCCCN)C(N)=O)[C@@H](C)O. The van der Waals surface area contributed by atoms with Crippen LogP contribution < -0.4 is 114 Å². The van der Waals surface area contributed by atoms with Gasteiger partial charge in [-0.25, -0.2) is 0 Å². The Hall–Kier alpha value is -13.4. The van der Waals surface area contributed by atoms with Gasteiger partial charge in [0.2, 0.25) is 100 Å². The van der Waals surface area contributed by atoms with E-state index in [1.54, 1.807) is 85.1 Å². The number of ether oxygens (including phenoxy) is 1. The molecule has 129 heavy (non-hydrogen) atoms. The van der Waals surface area contributed by atoms with Crippen LogP contribution in [0.4, 0.5) is 0 Å². The highest BCUT2D eigenvalue weighted by atomic mass is 32.1. The molecule has 13 atom stereocenters. The predicted molar refractivity (Wildman–Crippen MR) is 478 cm³/mol. The minimum Gasteiger partial charge on any atom is -0.508 e. The molecule has 0 saturated heterocycles. The smallest absolute Gasteiger partial charge is 0.246 e. The summed E-state index contributed by atoms with van der Waals surface area (Å²) in [5.41, 5.74) is 36.6. The fourth-order valence-corrected chi connectivity index (χ4v) is 13.8. The molecule has 4 aromatic carbocycles. The lowest BCUT2D eigenvalue weighted by Crippen LogP contribution is -2.62. The Morgan fingerprint density at radius 2 is 0.845 bits per heavy atom. The molecule has 0 aliphatic carbocycles. The number of phenols is 1. The topological polar surface area (TPSA) is 732 Å². The van der Waals surface area contributed by atoms with Crippen molar-refractivity contribution in [2.24, 2.45) is 34.4 Å². The number of aliphatic hydroxyl groups is 1. The third-order valence-electron chi connectivity index (χ3n) is 20.1. The molecule has 44 nitrogen and oxygen atoms in total. The second-order valence-electron chi connectivity index (χ2n) is 30.2. The number of aromatic hydroxyl groups is 1. The maximum Gasteiger partial charge on any atom is 0.246 e. The molecule has 2 aromatic heterocycles. The molecule has 6 rings (SSSR count).